The first-order valence-electron chi connectivity index (χ1n) is 7.26. The molecule has 0 aromatic rings. The van der Waals surface area contributed by atoms with Crippen molar-refractivity contribution in [1.82, 2.24) is 4.90 Å². The van der Waals surface area contributed by atoms with E-state index in [1.54, 1.807) is 14.2 Å². The Bertz CT molecular complexity index is 232. The summed E-state index contributed by atoms with van der Waals surface area (Å²) in [5.41, 5.74) is 0. The molecule has 0 aromatic heterocycles. The number of ether oxygens (including phenoxy) is 3. The highest BCUT2D eigenvalue weighted by Crippen LogP contribution is 1.97. The van der Waals surface area contributed by atoms with Crippen LogP contribution in [-0.4, -0.2) is 78.3 Å². The fourth-order valence-electron chi connectivity index (χ4n) is 1.63. The van der Waals surface area contributed by atoms with Crippen molar-refractivity contribution < 1.29 is 28.8 Å². The molecule has 0 bridgehead atoms. The summed E-state index contributed by atoms with van der Waals surface area (Å²) in [6, 6.07) is 0. The maximum atomic E-state index is 11.6. The van der Waals surface area contributed by atoms with E-state index in [0.717, 1.165) is 25.9 Å². The van der Waals surface area contributed by atoms with Crippen molar-refractivity contribution in [1.29, 1.82) is 0 Å². The van der Waals surface area contributed by atoms with Crippen LogP contribution in [0.15, 0.2) is 0 Å². The molecule has 0 aliphatic heterocycles. The molecule has 0 saturated heterocycles. The van der Waals surface area contributed by atoms with E-state index in [4.69, 9.17) is 19.1 Å². The van der Waals surface area contributed by atoms with Gasteiger partial charge in [-0.1, -0.05) is 0 Å². The molecule has 0 saturated carbocycles. The predicted octanol–water partition coefficient (Wildman–Crippen LogP) is 0.873. The summed E-state index contributed by atoms with van der Waals surface area (Å²) in [5, 5.41) is 0. The molecule has 126 valence electrons. The second kappa shape index (κ2) is 15.7. The average molecular weight is 307 g/mol. The third-order valence-corrected chi connectivity index (χ3v) is 2.86. The second-order valence-corrected chi connectivity index (χ2v) is 4.49. The lowest BCUT2D eigenvalue weighted by molar-refractivity contribution is -0.272. The minimum atomic E-state index is -0.178. The zero-order chi connectivity index (χ0) is 15.8. The number of carbonyl (C=O) groups excluding carboxylic acids is 1. The van der Waals surface area contributed by atoms with Gasteiger partial charge < -0.3 is 14.2 Å². The highest BCUT2D eigenvalue weighted by atomic mass is 17.2. The fraction of sp³-hybridized carbons (Fsp3) is 0.929. The van der Waals surface area contributed by atoms with Gasteiger partial charge in [0.05, 0.1) is 40.0 Å². The Labute approximate surface area is 127 Å². The van der Waals surface area contributed by atoms with E-state index >= 15 is 0 Å². The monoisotopic (exact) mass is 307 g/mol. The van der Waals surface area contributed by atoms with Gasteiger partial charge in [-0.2, -0.15) is 0 Å². The molecule has 0 aromatic carbocycles. The molecular weight excluding hydrogens is 278 g/mol. The van der Waals surface area contributed by atoms with E-state index in [1.807, 2.05) is 0 Å². The lowest BCUT2D eigenvalue weighted by atomic mass is 10.3. The van der Waals surface area contributed by atoms with E-state index in [1.165, 1.54) is 7.11 Å². The van der Waals surface area contributed by atoms with Crippen LogP contribution in [0.2, 0.25) is 0 Å². The van der Waals surface area contributed by atoms with Crippen LogP contribution in [0.4, 0.5) is 0 Å². The molecule has 0 radical (unpaired) electrons. The lowest BCUT2D eigenvalue weighted by Crippen LogP contribution is -2.33. The Kier molecular flexibility index (Phi) is 15.1. The highest BCUT2D eigenvalue weighted by Gasteiger charge is 2.09. The molecular formula is C14H29NO6. The second-order valence-electron chi connectivity index (χ2n) is 4.49. The maximum absolute atomic E-state index is 11.6. The molecule has 21 heavy (non-hydrogen) atoms. The Morgan fingerprint density at radius 1 is 0.857 bits per heavy atom. The van der Waals surface area contributed by atoms with E-state index in [0.29, 0.717) is 39.4 Å². The van der Waals surface area contributed by atoms with Crippen LogP contribution in [-0.2, 0) is 28.8 Å². The molecule has 0 fully saturated rings. The molecule has 0 aliphatic carbocycles. The summed E-state index contributed by atoms with van der Waals surface area (Å²) >= 11 is 0. The van der Waals surface area contributed by atoms with Crippen molar-refractivity contribution in [2.45, 2.75) is 19.3 Å². The number of carbonyl (C=O) groups is 1. The van der Waals surface area contributed by atoms with Crippen molar-refractivity contribution in [2.24, 2.45) is 0 Å². The molecule has 0 amide bonds. The normalized spacial score (nSPS) is 11.0. The molecule has 0 unspecified atom stereocenters. The Hall–Kier alpha value is -0.730. The SMILES string of the molecule is COCCN(CCOC)CCC(=O)OCCCCOOC. The summed E-state index contributed by atoms with van der Waals surface area (Å²) in [7, 11) is 4.80. The van der Waals surface area contributed by atoms with Gasteiger partial charge in [-0.15, -0.1) is 0 Å². The zero-order valence-electron chi connectivity index (χ0n) is 13.5. The van der Waals surface area contributed by atoms with E-state index in [9.17, 15) is 4.79 Å². The maximum Gasteiger partial charge on any atom is 0.307 e. The third-order valence-electron chi connectivity index (χ3n) is 2.86. The number of esters is 1. The van der Waals surface area contributed by atoms with Gasteiger partial charge >= 0.3 is 5.97 Å². The molecule has 7 nitrogen and oxygen atoms in total. The van der Waals surface area contributed by atoms with Crippen LogP contribution < -0.4 is 0 Å². The number of unbranched alkanes of at least 4 members (excludes halogenated alkanes) is 1. The van der Waals surface area contributed by atoms with E-state index in [2.05, 4.69) is 9.79 Å². The van der Waals surface area contributed by atoms with Crippen LogP contribution in [0, 0.1) is 0 Å². The molecule has 0 heterocycles. The summed E-state index contributed by atoms with van der Waals surface area (Å²) in [5.74, 6) is -0.178. The molecule has 0 aliphatic rings. The Morgan fingerprint density at radius 3 is 2.05 bits per heavy atom. The fourth-order valence-corrected chi connectivity index (χ4v) is 1.63. The van der Waals surface area contributed by atoms with Crippen molar-refractivity contribution >= 4 is 5.97 Å². The first kappa shape index (κ1) is 20.3. The lowest BCUT2D eigenvalue weighted by Gasteiger charge is -2.20. The number of hydrogen-bond donors (Lipinski definition) is 0. The zero-order valence-corrected chi connectivity index (χ0v) is 13.5. The van der Waals surface area contributed by atoms with Gasteiger partial charge in [-0.05, 0) is 12.8 Å². The smallest absolute Gasteiger partial charge is 0.307 e. The Morgan fingerprint density at radius 2 is 1.48 bits per heavy atom. The summed E-state index contributed by atoms with van der Waals surface area (Å²) < 4.78 is 15.3. The van der Waals surface area contributed by atoms with Gasteiger partial charge in [0.25, 0.3) is 0 Å². The van der Waals surface area contributed by atoms with Crippen molar-refractivity contribution in [3.8, 4) is 0 Å². The van der Waals surface area contributed by atoms with Crippen LogP contribution in [0.25, 0.3) is 0 Å². The number of rotatable bonds is 15. The van der Waals surface area contributed by atoms with Crippen molar-refractivity contribution in [2.75, 3.05) is 67.4 Å². The third kappa shape index (κ3) is 14.0. The molecule has 7 heteroatoms. The highest BCUT2D eigenvalue weighted by molar-refractivity contribution is 5.69. The van der Waals surface area contributed by atoms with Crippen LogP contribution in [0.3, 0.4) is 0 Å². The topological polar surface area (TPSA) is 66.5 Å². The molecule has 0 rings (SSSR count). The van der Waals surface area contributed by atoms with E-state index < -0.39 is 0 Å². The van der Waals surface area contributed by atoms with Gasteiger partial charge in [0.1, 0.15) is 0 Å². The number of nitrogens with zero attached hydrogens (tertiary/aromatic N) is 1. The first-order valence-corrected chi connectivity index (χ1v) is 7.26. The first-order chi connectivity index (χ1) is 10.2. The standard InChI is InChI=1S/C14H29NO6/c1-17-12-8-15(9-13-18-2)7-6-14(16)20-10-4-5-11-21-19-3/h4-13H2,1-3H3. The average Bonchev–Trinajstić information content (AvgIpc) is 2.50. The molecule has 0 N–H and O–H groups in total. The van der Waals surface area contributed by atoms with Gasteiger partial charge in [0, 0.05) is 33.9 Å². The van der Waals surface area contributed by atoms with Crippen molar-refractivity contribution in [3.05, 3.63) is 0 Å². The van der Waals surface area contributed by atoms with Gasteiger partial charge in [-0.25, -0.2) is 9.78 Å². The number of hydrogen-bond acceptors (Lipinski definition) is 7. The molecule has 0 atom stereocenters. The summed E-state index contributed by atoms with van der Waals surface area (Å²) in [6.45, 7) is 4.41. The van der Waals surface area contributed by atoms with Gasteiger partial charge in [0.2, 0.25) is 0 Å². The Balaban J connectivity index is 3.65. The van der Waals surface area contributed by atoms with Gasteiger partial charge in [0.15, 0.2) is 0 Å². The van der Waals surface area contributed by atoms with Crippen LogP contribution in [0.5, 0.6) is 0 Å². The minimum absolute atomic E-state index is 0.178. The van der Waals surface area contributed by atoms with Crippen molar-refractivity contribution in [3.63, 3.8) is 0 Å². The van der Waals surface area contributed by atoms with Crippen LogP contribution in [0.1, 0.15) is 19.3 Å². The quantitative estimate of drug-likeness (QED) is 0.192. The minimum Gasteiger partial charge on any atom is -0.466 e. The number of methoxy groups -OCH3 is 2. The van der Waals surface area contributed by atoms with Crippen LogP contribution >= 0.6 is 0 Å². The van der Waals surface area contributed by atoms with Gasteiger partial charge in [-0.3, -0.25) is 9.69 Å². The van der Waals surface area contributed by atoms with E-state index in [-0.39, 0.29) is 5.97 Å². The summed E-state index contributed by atoms with van der Waals surface area (Å²) in [4.78, 5) is 22.9. The molecule has 0 spiro atoms. The summed E-state index contributed by atoms with van der Waals surface area (Å²) in [6.07, 6.45) is 1.95. The largest absolute Gasteiger partial charge is 0.466 e. The predicted molar refractivity (Wildman–Crippen MR) is 78.0 cm³/mol.